The van der Waals surface area contributed by atoms with E-state index in [9.17, 15) is 9.50 Å². The molecule has 100 valence electrons. The Bertz CT molecular complexity index is 383. The molecule has 2 heteroatoms. The molecule has 18 heavy (non-hydrogen) atoms. The first-order valence-corrected chi connectivity index (χ1v) is 7.04. The fourth-order valence-corrected chi connectivity index (χ4v) is 3.44. The van der Waals surface area contributed by atoms with Crippen molar-refractivity contribution in [2.45, 2.75) is 51.6 Å². The van der Waals surface area contributed by atoms with E-state index < -0.39 is 5.60 Å². The predicted molar refractivity (Wildman–Crippen MR) is 71.7 cm³/mol. The fourth-order valence-electron chi connectivity index (χ4n) is 3.44. The molecule has 0 amide bonds. The van der Waals surface area contributed by atoms with Crippen LogP contribution in [-0.2, 0) is 5.60 Å². The molecule has 0 radical (unpaired) electrons. The number of aliphatic hydroxyl groups is 1. The second-order valence-corrected chi connectivity index (χ2v) is 5.71. The molecule has 1 fully saturated rings. The van der Waals surface area contributed by atoms with Crippen LogP contribution >= 0.6 is 0 Å². The van der Waals surface area contributed by atoms with Gasteiger partial charge in [0.25, 0.3) is 0 Å². The lowest BCUT2D eigenvalue weighted by molar-refractivity contribution is -0.0489. The molecule has 2 rings (SSSR count). The molecule has 1 nitrogen and oxygen atoms in total. The second-order valence-electron chi connectivity index (χ2n) is 5.71. The van der Waals surface area contributed by atoms with E-state index in [0.29, 0.717) is 11.8 Å². The van der Waals surface area contributed by atoms with E-state index in [2.05, 4.69) is 6.92 Å². The summed E-state index contributed by atoms with van der Waals surface area (Å²) in [5.41, 5.74) is 0.00340. The molecular formula is C16H23FO. The van der Waals surface area contributed by atoms with E-state index in [0.717, 1.165) is 18.4 Å². The van der Waals surface area contributed by atoms with Crippen molar-refractivity contribution in [2.24, 2.45) is 11.8 Å². The molecule has 1 aromatic rings. The molecule has 0 aliphatic heterocycles. The van der Waals surface area contributed by atoms with E-state index in [4.69, 9.17) is 0 Å². The van der Waals surface area contributed by atoms with Crippen LogP contribution < -0.4 is 0 Å². The molecule has 1 N–H and O–H groups in total. The minimum absolute atomic E-state index is 0.245. The van der Waals surface area contributed by atoms with Crippen molar-refractivity contribution in [3.63, 3.8) is 0 Å². The monoisotopic (exact) mass is 250 g/mol. The van der Waals surface area contributed by atoms with Gasteiger partial charge in [-0.3, -0.25) is 0 Å². The minimum Gasteiger partial charge on any atom is -0.385 e. The van der Waals surface area contributed by atoms with Crippen LogP contribution in [0.25, 0.3) is 0 Å². The maximum absolute atomic E-state index is 13.0. The summed E-state index contributed by atoms with van der Waals surface area (Å²) in [6.07, 6.45) is 5.86. The first kappa shape index (κ1) is 13.5. The Morgan fingerprint density at radius 3 is 2.44 bits per heavy atom. The van der Waals surface area contributed by atoms with Gasteiger partial charge >= 0.3 is 0 Å². The molecule has 0 saturated heterocycles. The number of benzene rings is 1. The van der Waals surface area contributed by atoms with Gasteiger partial charge in [-0.25, -0.2) is 4.39 Å². The topological polar surface area (TPSA) is 20.2 Å². The lowest BCUT2D eigenvalue weighted by Crippen LogP contribution is -2.38. The van der Waals surface area contributed by atoms with E-state index in [-0.39, 0.29) is 5.82 Å². The highest BCUT2D eigenvalue weighted by atomic mass is 19.1. The van der Waals surface area contributed by atoms with Gasteiger partial charge < -0.3 is 5.11 Å². The van der Waals surface area contributed by atoms with Crippen molar-refractivity contribution in [3.05, 3.63) is 35.6 Å². The second kappa shape index (κ2) is 5.40. The van der Waals surface area contributed by atoms with Crippen LogP contribution in [0.1, 0.15) is 51.5 Å². The highest BCUT2D eigenvalue weighted by Gasteiger charge is 2.39. The average Bonchev–Trinajstić information content (AvgIpc) is 2.39. The number of hydrogen-bond acceptors (Lipinski definition) is 1. The molecule has 0 bridgehead atoms. The molecule has 0 spiro atoms. The van der Waals surface area contributed by atoms with Crippen molar-refractivity contribution >= 4 is 0 Å². The summed E-state index contributed by atoms with van der Waals surface area (Å²) in [5.74, 6) is 0.630. The number of rotatable bonds is 3. The van der Waals surface area contributed by atoms with E-state index >= 15 is 0 Å². The van der Waals surface area contributed by atoms with Gasteiger partial charge in [0.2, 0.25) is 0 Å². The zero-order valence-corrected chi connectivity index (χ0v) is 11.3. The molecule has 3 atom stereocenters. The van der Waals surface area contributed by atoms with Crippen LogP contribution in [0.3, 0.4) is 0 Å². The van der Waals surface area contributed by atoms with Crippen LogP contribution in [0.5, 0.6) is 0 Å². The van der Waals surface area contributed by atoms with Gasteiger partial charge in [0, 0.05) is 0 Å². The Hall–Kier alpha value is -0.890. The maximum Gasteiger partial charge on any atom is 0.123 e. The normalized spacial score (nSPS) is 27.8. The van der Waals surface area contributed by atoms with Crippen molar-refractivity contribution in [3.8, 4) is 0 Å². The predicted octanol–water partition coefficient (Wildman–Crippen LogP) is 4.25. The van der Waals surface area contributed by atoms with Crippen LogP contribution in [0.2, 0.25) is 0 Å². The standard InChI is InChI=1S/C16H23FO/c1-3-12-6-4-5-7-15(12)16(2,18)13-8-10-14(17)11-9-13/h8-12,15,18H,3-7H2,1-2H3. The summed E-state index contributed by atoms with van der Waals surface area (Å²) >= 11 is 0. The Balaban J connectivity index is 2.25. The highest BCUT2D eigenvalue weighted by Crippen LogP contribution is 2.43. The summed E-state index contributed by atoms with van der Waals surface area (Å²) in [4.78, 5) is 0. The Labute approximate surface area is 109 Å². The molecule has 1 aliphatic carbocycles. The summed E-state index contributed by atoms with van der Waals surface area (Å²) in [6.45, 7) is 4.09. The number of halogens is 1. The van der Waals surface area contributed by atoms with E-state index in [1.54, 1.807) is 12.1 Å². The van der Waals surface area contributed by atoms with Crippen LogP contribution in [0.4, 0.5) is 4.39 Å². The summed E-state index contributed by atoms with van der Waals surface area (Å²) < 4.78 is 13.0. The maximum atomic E-state index is 13.0. The molecule has 1 aromatic carbocycles. The Morgan fingerprint density at radius 1 is 1.22 bits per heavy atom. The van der Waals surface area contributed by atoms with Gasteiger partial charge in [0.1, 0.15) is 5.82 Å². The summed E-state index contributed by atoms with van der Waals surface area (Å²) in [6, 6.07) is 6.31. The molecule has 0 heterocycles. The van der Waals surface area contributed by atoms with Crippen molar-refractivity contribution in [1.29, 1.82) is 0 Å². The molecular weight excluding hydrogens is 227 g/mol. The van der Waals surface area contributed by atoms with E-state index in [1.165, 1.54) is 31.4 Å². The van der Waals surface area contributed by atoms with Gasteiger partial charge in [0.05, 0.1) is 5.60 Å². The SMILES string of the molecule is CCC1CCCCC1C(C)(O)c1ccc(F)cc1. The fraction of sp³-hybridized carbons (Fsp3) is 0.625. The average molecular weight is 250 g/mol. The number of hydrogen-bond donors (Lipinski definition) is 1. The van der Waals surface area contributed by atoms with Crippen LogP contribution in [0.15, 0.2) is 24.3 Å². The Kier molecular flexibility index (Phi) is 4.06. The van der Waals surface area contributed by atoms with Gasteiger partial charge in [-0.15, -0.1) is 0 Å². The van der Waals surface area contributed by atoms with Crippen molar-refractivity contribution < 1.29 is 9.50 Å². The Morgan fingerprint density at radius 2 is 1.83 bits per heavy atom. The van der Waals surface area contributed by atoms with Gasteiger partial charge in [-0.05, 0) is 42.9 Å². The van der Waals surface area contributed by atoms with Crippen molar-refractivity contribution in [2.75, 3.05) is 0 Å². The van der Waals surface area contributed by atoms with Gasteiger partial charge in [-0.2, -0.15) is 0 Å². The largest absolute Gasteiger partial charge is 0.385 e. The molecule has 3 unspecified atom stereocenters. The molecule has 0 aromatic heterocycles. The third kappa shape index (κ3) is 2.59. The van der Waals surface area contributed by atoms with Crippen LogP contribution in [0, 0.1) is 17.7 Å². The third-order valence-electron chi connectivity index (χ3n) is 4.58. The zero-order chi connectivity index (χ0) is 13.2. The smallest absolute Gasteiger partial charge is 0.123 e. The lowest BCUT2D eigenvalue weighted by Gasteiger charge is -2.41. The summed E-state index contributed by atoms with van der Waals surface area (Å²) in [5, 5.41) is 10.9. The zero-order valence-electron chi connectivity index (χ0n) is 11.3. The van der Waals surface area contributed by atoms with Crippen LogP contribution in [-0.4, -0.2) is 5.11 Å². The molecule has 1 saturated carbocycles. The minimum atomic E-state index is -0.838. The molecule has 1 aliphatic rings. The van der Waals surface area contributed by atoms with Crippen molar-refractivity contribution in [1.82, 2.24) is 0 Å². The first-order valence-electron chi connectivity index (χ1n) is 7.04. The third-order valence-corrected chi connectivity index (χ3v) is 4.58. The van der Waals surface area contributed by atoms with Gasteiger partial charge in [-0.1, -0.05) is 44.7 Å². The van der Waals surface area contributed by atoms with Gasteiger partial charge in [0.15, 0.2) is 0 Å². The first-order chi connectivity index (χ1) is 8.55. The summed E-state index contributed by atoms with van der Waals surface area (Å²) in [7, 11) is 0. The quantitative estimate of drug-likeness (QED) is 0.850. The van der Waals surface area contributed by atoms with E-state index in [1.807, 2.05) is 6.92 Å². The lowest BCUT2D eigenvalue weighted by atomic mass is 9.67. The highest BCUT2D eigenvalue weighted by molar-refractivity contribution is 5.23.